The lowest BCUT2D eigenvalue weighted by molar-refractivity contribution is -0.117. The van der Waals surface area contributed by atoms with Crippen molar-refractivity contribution >= 4 is 12.0 Å². The van der Waals surface area contributed by atoms with Crippen LogP contribution in [0.5, 0.6) is 11.5 Å². The number of amides is 1. The molecule has 1 amide bonds. The lowest BCUT2D eigenvalue weighted by Gasteiger charge is -2.22. The molecule has 2 rings (SSSR count). The summed E-state index contributed by atoms with van der Waals surface area (Å²) in [4.78, 5) is 11.7. The average Bonchev–Trinajstić information content (AvgIpc) is 2.90. The largest absolute Gasteiger partial charge is 0.454 e. The third-order valence-electron chi connectivity index (χ3n) is 3.26. The van der Waals surface area contributed by atoms with E-state index in [1.165, 1.54) is 6.08 Å². The van der Waals surface area contributed by atoms with Crippen LogP contribution < -0.4 is 14.8 Å². The van der Waals surface area contributed by atoms with Gasteiger partial charge in [-0.3, -0.25) is 4.79 Å². The molecule has 0 aromatic heterocycles. The molecule has 0 saturated carbocycles. The van der Waals surface area contributed by atoms with Gasteiger partial charge in [-0.1, -0.05) is 19.4 Å². The molecule has 1 aliphatic rings. The highest BCUT2D eigenvalue weighted by Crippen LogP contribution is 2.32. The van der Waals surface area contributed by atoms with E-state index in [-0.39, 0.29) is 19.2 Å². The van der Waals surface area contributed by atoms with Crippen LogP contribution in [-0.4, -0.2) is 30.0 Å². The van der Waals surface area contributed by atoms with Gasteiger partial charge in [0.1, 0.15) is 0 Å². The van der Waals surface area contributed by atoms with Crippen molar-refractivity contribution < 1.29 is 19.4 Å². The summed E-state index contributed by atoms with van der Waals surface area (Å²) in [5.41, 5.74) is -0.00787. The number of fused-ring (bicyclic) bond motifs is 1. The molecule has 0 bridgehead atoms. The molecule has 1 aromatic carbocycles. The second-order valence-corrected chi connectivity index (χ2v) is 5.41. The molecule has 2 N–H and O–H groups in total. The monoisotopic (exact) mass is 291 g/mol. The van der Waals surface area contributed by atoms with Gasteiger partial charge in [-0.05, 0) is 37.1 Å². The zero-order chi connectivity index (χ0) is 15.3. The minimum atomic E-state index is -0.864. The molecule has 0 fully saturated rings. The third kappa shape index (κ3) is 4.49. The molecule has 0 spiro atoms. The predicted octanol–water partition coefficient (Wildman–Crippen LogP) is 2.10. The minimum absolute atomic E-state index is 0.232. The Morgan fingerprint density at radius 3 is 2.95 bits per heavy atom. The lowest BCUT2D eigenvalue weighted by atomic mass is 10.0. The Hall–Kier alpha value is -2.01. The number of hydrogen-bond acceptors (Lipinski definition) is 4. The number of ether oxygens (including phenoxy) is 2. The maximum atomic E-state index is 11.7. The van der Waals surface area contributed by atoms with E-state index in [1.807, 2.05) is 25.1 Å². The zero-order valence-corrected chi connectivity index (χ0v) is 12.4. The third-order valence-corrected chi connectivity index (χ3v) is 3.26. The van der Waals surface area contributed by atoms with Gasteiger partial charge in [-0.15, -0.1) is 0 Å². The predicted molar refractivity (Wildman–Crippen MR) is 80.1 cm³/mol. The van der Waals surface area contributed by atoms with Crippen molar-refractivity contribution in [3.8, 4) is 11.5 Å². The topological polar surface area (TPSA) is 67.8 Å². The van der Waals surface area contributed by atoms with Crippen LogP contribution in [-0.2, 0) is 4.79 Å². The summed E-state index contributed by atoms with van der Waals surface area (Å²) >= 11 is 0. The van der Waals surface area contributed by atoms with Gasteiger partial charge in [0, 0.05) is 12.6 Å². The molecule has 1 aromatic rings. The Morgan fingerprint density at radius 1 is 1.43 bits per heavy atom. The summed E-state index contributed by atoms with van der Waals surface area (Å²) in [6.07, 6.45) is 4.67. The summed E-state index contributed by atoms with van der Waals surface area (Å²) in [6, 6.07) is 5.48. The normalized spacial score (nSPS) is 16.0. The lowest BCUT2D eigenvalue weighted by Crippen LogP contribution is -2.39. The van der Waals surface area contributed by atoms with Crippen molar-refractivity contribution in [3.05, 3.63) is 29.8 Å². The van der Waals surface area contributed by atoms with Gasteiger partial charge in [-0.25, -0.2) is 0 Å². The Bertz CT molecular complexity index is 537. The number of rotatable bonds is 6. The first-order valence-corrected chi connectivity index (χ1v) is 7.08. The van der Waals surface area contributed by atoms with Crippen molar-refractivity contribution in [2.75, 3.05) is 13.3 Å². The Balaban J connectivity index is 1.87. The van der Waals surface area contributed by atoms with Gasteiger partial charge in [0.2, 0.25) is 12.7 Å². The summed E-state index contributed by atoms with van der Waals surface area (Å²) in [6.45, 7) is 4.19. The van der Waals surface area contributed by atoms with E-state index in [1.54, 1.807) is 13.0 Å². The molecule has 1 unspecified atom stereocenters. The number of carbonyl (C=O) groups excluding carboxylic acids is 1. The van der Waals surface area contributed by atoms with E-state index in [0.717, 1.165) is 12.0 Å². The van der Waals surface area contributed by atoms with Crippen molar-refractivity contribution in [3.63, 3.8) is 0 Å². The number of benzene rings is 1. The highest BCUT2D eigenvalue weighted by molar-refractivity contribution is 5.91. The molecule has 0 saturated heterocycles. The SMILES string of the molecule is CCCC(C)(O)CNC(=O)/C=C/c1ccc2c(c1)OCO2. The smallest absolute Gasteiger partial charge is 0.244 e. The van der Waals surface area contributed by atoms with E-state index in [9.17, 15) is 9.90 Å². The molecular weight excluding hydrogens is 270 g/mol. The van der Waals surface area contributed by atoms with Crippen molar-refractivity contribution in [1.82, 2.24) is 5.32 Å². The van der Waals surface area contributed by atoms with Crippen molar-refractivity contribution in [2.24, 2.45) is 0 Å². The van der Waals surface area contributed by atoms with Crippen LogP contribution in [0, 0.1) is 0 Å². The van der Waals surface area contributed by atoms with E-state index < -0.39 is 5.60 Å². The summed E-state index contributed by atoms with van der Waals surface area (Å²) in [7, 11) is 0. The van der Waals surface area contributed by atoms with Crippen LogP contribution in [0.4, 0.5) is 0 Å². The van der Waals surface area contributed by atoms with Gasteiger partial charge in [-0.2, -0.15) is 0 Å². The first-order valence-electron chi connectivity index (χ1n) is 7.08. The number of hydrogen-bond donors (Lipinski definition) is 2. The number of carbonyl (C=O) groups is 1. The fourth-order valence-electron chi connectivity index (χ4n) is 2.15. The van der Waals surface area contributed by atoms with Gasteiger partial charge >= 0.3 is 0 Å². The first kappa shape index (κ1) is 15.4. The molecule has 114 valence electrons. The van der Waals surface area contributed by atoms with Crippen molar-refractivity contribution in [2.45, 2.75) is 32.3 Å². The van der Waals surface area contributed by atoms with Crippen LogP contribution in [0.25, 0.3) is 6.08 Å². The summed E-state index contributed by atoms with van der Waals surface area (Å²) < 4.78 is 10.5. The Labute approximate surface area is 124 Å². The summed E-state index contributed by atoms with van der Waals surface area (Å²) in [5, 5.41) is 12.7. The van der Waals surface area contributed by atoms with E-state index in [4.69, 9.17) is 9.47 Å². The van der Waals surface area contributed by atoms with Crippen LogP contribution in [0.15, 0.2) is 24.3 Å². The second-order valence-electron chi connectivity index (χ2n) is 5.41. The molecular formula is C16H21NO4. The van der Waals surface area contributed by atoms with Crippen LogP contribution >= 0.6 is 0 Å². The second kappa shape index (κ2) is 6.63. The molecule has 0 aliphatic carbocycles. The van der Waals surface area contributed by atoms with E-state index >= 15 is 0 Å². The molecule has 5 heteroatoms. The number of aliphatic hydroxyl groups is 1. The maximum absolute atomic E-state index is 11.7. The van der Waals surface area contributed by atoms with Gasteiger partial charge in [0.25, 0.3) is 0 Å². The Kier molecular flexibility index (Phi) is 4.85. The summed E-state index contributed by atoms with van der Waals surface area (Å²) in [5.74, 6) is 1.17. The Morgan fingerprint density at radius 2 is 2.19 bits per heavy atom. The molecule has 0 radical (unpaired) electrons. The molecule has 1 aliphatic heterocycles. The fourth-order valence-corrected chi connectivity index (χ4v) is 2.15. The quantitative estimate of drug-likeness (QED) is 0.788. The highest BCUT2D eigenvalue weighted by atomic mass is 16.7. The van der Waals surface area contributed by atoms with Crippen LogP contribution in [0.2, 0.25) is 0 Å². The van der Waals surface area contributed by atoms with E-state index in [2.05, 4.69) is 5.32 Å². The zero-order valence-electron chi connectivity index (χ0n) is 12.4. The first-order chi connectivity index (χ1) is 10.00. The molecule has 1 atom stereocenters. The standard InChI is InChI=1S/C16H21NO4/c1-3-8-16(2,19)10-17-15(18)7-5-12-4-6-13-14(9-12)21-11-20-13/h4-7,9,19H,3,8,10-11H2,1-2H3,(H,17,18)/b7-5+. The fraction of sp³-hybridized carbons (Fsp3) is 0.438. The van der Waals surface area contributed by atoms with Gasteiger partial charge in [0.15, 0.2) is 11.5 Å². The van der Waals surface area contributed by atoms with Crippen molar-refractivity contribution in [1.29, 1.82) is 0 Å². The molecule has 5 nitrogen and oxygen atoms in total. The van der Waals surface area contributed by atoms with Crippen LogP contribution in [0.1, 0.15) is 32.3 Å². The van der Waals surface area contributed by atoms with E-state index in [0.29, 0.717) is 17.9 Å². The highest BCUT2D eigenvalue weighted by Gasteiger charge is 2.19. The minimum Gasteiger partial charge on any atom is -0.454 e. The average molecular weight is 291 g/mol. The maximum Gasteiger partial charge on any atom is 0.244 e. The van der Waals surface area contributed by atoms with Gasteiger partial charge in [0.05, 0.1) is 5.60 Å². The number of nitrogens with one attached hydrogen (secondary N) is 1. The molecule has 1 heterocycles. The van der Waals surface area contributed by atoms with Gasteiger partial charge < -0.3 is 19.9 Å². The molecule has 21 heavy (non-hydrogen) atoms. The van der Waals surface area contributed by atoms with Crippen LogP contribution in [0.3, 0.4) is 0 Å².